The fourth-order valence-corrected chi connectivity index (χ4v) is 2.17. The molecule has 1 unspecified atom stereocenters. The maximum Gasteiger partial charge on any atom is 0.314 e. The predicted molar refractivity (Wildman–Crippen MR) is 73.2 cm³/mol. The molecule has 0 spiro atoms. The van der Waals surface area contributed by atoms with E-state index < -0.39 is 5.92 Å². The second-order valence-corrected chi connectivity index (χ2v) is 4.69. The Labute approximate surface area is 117 Å². The quantitative estimate of drug-likeness (QED) is 0.808. The van der Waals surface area contributed by atoms with Gasteiger partial charge in [0, 0.05) is 24.0 Å². The molecule has 0 saturated heterocycles. The van der Waals surface area contributed by atoms with Crippen molar-refractivity contribution in [3.05, 3.63) is 53.1 Å². The molecule has 2 rings (SSSR count). The number of hydrogen-bond acceptors (Lipinski definition) is 3. The molecule has 4 nitrogen and oxygen atoms in total. The van der Waals surface area contributed by atoms with Crippen molar-refractivity contribution in [1.82, 2.24) is 9.55 Å². The highest BCUT2D eigenvalue weighted by atomic mass is 35.5. The number of methoxy groups -OCH3 is 1. The van der Waals surface area contributed by atoms with E-state index in [1.807, 2.05) is 29.8 Å². The number of imidazole rings is 1. The average molecular weight is 279 g/mol. The number of hydrogen-bond donors (Lipinski definition) is 0. The first kappa shape index (κ1) is 13.6. The van der Waals surface area contributed by atoms with Crippen LogP contribution in [0.5, 0.6) is 0 Å². The van der Waals surface area contributed by atoms with Crippen LogP contribution in [0.4, 0.5) is 0 Å². The van der Waals surface area contributed by atoms with E-state index in [9.17, 15) is 4.79 Å². The molecule has 1 heterocycles. The van der Waals surface area contributed by atoms with Gasteiger partial charge in [0.15, 0.2) is 0 Å². The summed E-state index contributed by atoms with van der Waals surface area (Å²) >= 11 is 5.98. The van der Waals surface area contributed by atoms with Crippen LogP contribution in [0.15, 0.2) is 36.7 Å². The van der Waals surface area contributed by atoms with Crippen molar-refractivity contribution in [3.8, 4) is 0 Å². The van der Waals surface area contributed by atoms with Crippen molar-refractivity contribution in [2.24, 2.45) is 0 Å². The van der Waals surface area contributed by atoms with E-state index in [0.29, 0.717) is 11.6 Å². The lowest BCUT2D eigenvalue weighted by Gasteiger charge is -2.16. The van der Waals surface area contributed by atoms with Gasteiger partial charge in [0.2, 0.25) is 0 Å². The van der Waals surface area contributed by atoms with Gasteiger partial charge in [-0.2, -0.15) is 0 Å². The Hall–Kier alpha value is -1.81. The maximum atomic E-state index is 12.0. The third-order valence-corrected chi connectivity index (χ3v) is 3.27. The second-order valence-electron chi connectivity index (χ2n) is 4.26. The average Bonchev–Trinajstić information content (AvgIpc) is 2.80. The van der Waals surface area contributed by atoms with Crippen LogP contribution in [0.2, 0.25) is 5.02 Å². The Balaban J connectivity index is 2.31. The number of rotatable bonds is 4. The number of halogens is 1. The minimum absolute atomic E-state index is 0.282. The first-order valence-electron chi connectivity index (χ1n) is 5.93. The zero-order valence-corrected chi connectivity index (χ0v) is 11.6. The van der Waals surface area contributed by atoms with E-state index in [-0.39, 0.29) is 5.97 Å². The van der Waals surface area contributed by atoms with E-state index in [2.05, 4.69) is 4.98 Å². The van der Waals surface area contributed by atoms with Gasteiger partial charge in [-0.1, -0.05) is 23.7 Å². The number of carbonyl (C=O) groups is 1. The number of ether oxygens (including phenoxy) is 1. The van der Waals surface area contributed by atoms with E-state index in [0.717, 1.165) is 11.4 Å². The summed E-state index contributed by atoms with van der Waals surface area (Å²) in [4.78, 5) is 16.1. The molecule has 0 fully saturated rings. The molecule has 1 atom stereocenters. The normalized spacial score (nSPS) is 12.2. The van der Waals surface area contributed by atoms with Crippen molar-refractivity contribution in [2.45, 2.75) is 19.4 Å². The van der Waals surface area contributed by atoms with Gasteiger partial charge in [-0.3, -0.25) is 4.79 Å². The molecule has 0 aliphatic heterocycles. The lowest BCUT2D eigenvalue weighted by Crippen LogP contribution is -2.20. The van der Waals surface area contributed by atoms with Crippen LogP contribution in [-0.4, -0.2) is 22.6 Å². The van der Waals surface area contributed by atoms with Gasteiger partial charge < -0.3 is 9.30 Å². The summed E-state index contributed by atoms with van der Waals surface area (Å²) in [6.45, 7) is 2.38. The largest absolute Gasteiger partial charge is 0.468 e. The van der Waals surface area contributed by atoms with Gasteiger partial charge in [-0.15, -0.1) is 0 Å². The standard InChI is InChI=1S/C14H15ClN2O2/c1-10-16-6-7-17(10)9-13(14(18)19-2)11-4-3-5-12(15)8-11/h3-8,13H,9H2,1-2H3. The number of carbonyl (C=O) groups excluding carboxylic acids is 1. The van der Waals surface area contributed by atoms with Crippen molar-refractivity contribution in [1.29, 1.82) is 0 Å². The fourth-order valence-electron chi connectivity index (χ4n) is 1.97. The molecule has 5 heteroatoms. The van der Waals surface area contributed by atoms with Gasteiger partial charge in [0.1, 0.15) is 5.82 Å². The molecular weight excluding hydrogens is 264 g/mol. The lowest BCUT2D eigenvalue weighted by molar-refractivity contribution is -0.142. The Kier molecular flexibility index (Phi) is 4.22. The van der Waals surface area contributed by atoms with Crippen LogP contribution in [0, 0.1) is 6.92 Å². The summed E-state index contributed by atoms with van der Waals surface area (Å²) in [6.07, 6.45) is 3.55. The zero-order valence-electron chi connectivity index (χ0n) is 10.8. The second kappa shape index (κ2) is 5.89. The zero-order chi connectivity index (χ0) is 13.8. The summed E-state index contributed by atoms with van der Waals surface area (Å²) in [6, 6.07) is 7.27. The molecular formula is C14H15ClN2O2. The van der Waals surface area contributed by atoms with E-state index in [1.165, 1.54) is 7.11 Å². The van der Waals surface area contributed by atoms with Crippen molar-refractivity contribution >= 4 is 17.6 Å². The third-order valence-electron chi connectivity index (χ3n) is 3.04. The monoisotopic (exact) mass is 278 g/mol. The highest BCUT2D eigenvalue weighted by Gasteiger charge is 2.22. The third kappa shape index (κ3) is 3.15. The van der Waals surface area contributed by atoms with Crippen LogP contribution in [-0.2, 0) is 16.1 Å². The smallest absolute Gasteiger partial charge is 0.314 e. The van der Waals surface area contributed by atoms with Crippen molar-refractivity contribution in [2.75, 3.05) is 7.11 Å². The summed E-state index contributed by atoms with van der Waals surface area (Å²) < 4.78 is 6.80. The minimum atomic E-state index is -0.392. The Bertz CT molecular complexity index is 580. The molecule has 0 saturated carbocycles. The van der Waals surface area contributed by atoms with Crippen molar-refractivity contribution < 1.29 is 9.53 Å². The molecule has 0 radical (unpaired) electrons. The van der Waals surface area contributed by atoms with E-state index >= 15 is 0 Å². The van der Waals surface area contributed by atoms with E-state index in [1.54, 1.807) is 18.3 Å². The summed E-state index contributed by atoms with van der Waals surface area (Å²) in [5.41, 5.74) is 0.840. The number of aromatic nitrogens is 2. The van der Waals surface area contributed by atoms with Gasteiger partial charge >= 0.3 is 5.97 Å². The highest BCUT2D eigenvalue weighted by Crippen LogP contribution is 2.23. The molecule has 1 aromatic carbocycles. The predicted octanol–water partition coefficient (Wildman–Crippen LogP) is 2.80. The maximum absolute atomic E-state index is 12.0. The first-order valence-corrected chi connectivity index (χ1v) is 6.30. The summed E-state index contributed by atoms with van der Waals surface area (Å²) in [5, 5.41) is 0.605. The Morgan fingerprint density at radius 3 is 2.89 bits per heavy atom. The number of aryl methyl sites for hydroxylation is 1. The molecule has 100 valence electrons. The lowest BCUT2D eigenvalue weighted by atomic mass is 9.99. The first-order chi connectivity index (χ1) is 9.11. The minimum Gasteiger partial charge on any atom is -0.468 e. The van der Waals surface area contributed by atoms with Crippen LogP contribution >= 0.6 is 11.6 Å². The van der Waals surface area contributed by atoms with Crippen LogP contribution in [0.3, 0.4) is 0 Å². The highest BCUT2D eigenvalue weighted by molar-refractivity contribution is 6.30. The molecule has 0 aliphatic carbocycles. The molecule has 0 amide bonds. The molecule has 2 aromatic rings. The summed E-state index contributed by atoms with van der Waals surface area (Å²) in [7, 11) is 1.39. The summed E-state index contributed by atoms with van der Waals surface area (Å²) in [5.74, 6) is 0.183. The molecule has 19 heavy (non-hydrogen) atoms. The number of nitrogens with zero attached hydrogens (tertiary/aromatic N) is 2. The number of esters is 1. The van der Waals surface area contributed by atoms with Crippen LogP contribution in [0.1, 0.15) is 17.3 Å². The van der Waals surface area contributed by atoms with E-state index in [4.69, 9.17) is 16.3 Å². The molecule has 0 N–H and O–H groups in total. The van der Waals surface area contributed by atoms with Crippen LogP contribution < -0.4 is 0 Å². The molecule has 0 aliphatic rings. The Morgan fingerprint density at radius 1 is 1.53 bits per heavy atom. The Morgan fingerprint density at radius 2 is 2.32 bits per heavy atom. The van der Waals surface area contributed by atoms with Gasteiger partial charge in [0.25, 0.3) is 0 Å². The van der Waals surface area contributed by atoms with Gasteiger partial charge in [-0.25, -0.2) is 4.98 Å². The van der Waals surface area contributed by atoms with Crippen molar-refractivity contribution in [3.63, 3.8) is 0 Å². The fraction of sp³-hybridized carbons (Fsp3) is 0.286. The topological polar surface area (TPSA) is 44.1 Å². The molecule has 1 aromatic heterocycles. The van der Waals surface area contributed by atoms with Gasteiger partial charge in [0.05, 0.1) is 13.0 Å². The van der Waals surface area contributed by atoms with Gasteiger partial charge in [-0.05, 0) is 24.6 Å². The molecule has 0 bridgehead atoms. The number of benzene rings is 1. The van der Waals surface area contributed by atoms with Crippen LogP contribution in [0.25, 0.3) is 0 Å². The SMILES string of the molecule is COC(=O)C(Cn1ccnc1C)c1cccc(Cl)c1.